The molecule has 0 amide bonds. The van der Waals surface area contributed by atoms with Crippen molar-refractivity contribution in [3.8, 4) is 0 Å². The van der Waals surface area contributed by atoms with Crippen molar-refractivity contribution in [2.45, 2.75) is 19.0 Å². The number of benzene rings is 3. The lowest BCUT2D eigenvalue weighted by Gasteiger charge is -2.26. The molecule has 0 heterocycles. The molecule has 0 aliphatic carbocycles. The number of aliphatic hydroxyl groups is 2. The Balaban J connectivity index is 2.06. The van der Waals surface area contributed by atoms with Gasteiger partial charge in [-0.05, 0) is 58.3 Å². The van der Waals surface area contributed by atoms with Crippen molar-refractivity contribution >= 4 is 21.5 Å². The number of nitrogens with one attached hydrogen (secondary N) is 1. The maximum atomic E-state index is 14.0. The van der Waals surface area contributed by atoms with E-state index in [1.165, 1.54) is 12.1 Å². The second-order valence-corrected chi connectivity index (χ2v) is 6.22. The molecule has 0 fully saturated rings. The first-order valence-corrected chi connectivity index (χ1v) is 7.62. The molecule has 0 unspecified atom stereocenters. The fraction of sp³-hybridized carbons (Fsp3) is 0.263. The van der Waals surface area contributed by atoms with E-state index >= 15 is 0 Å². The normalized spacial score (nSPS) is 12.2. The van der Waals surface area contributed by atoms with Crippen molar-refractivity contribution in [2.75, 3.05) is 13.2 Å². The summed E-state index contributed by atoms with van der Waals surface area (Å²) in [5.74, 6) is -0.292. The minimum absolute atomic E-state index is 0.195. The van der Waals surface area contributed by atoms with Crippen LogP contribution in [0.25, 0.3) is 21.5 Å². The Morgan fingerprint density at radius 2 is 1.61 bits per heavy atom. The third-order valence-corrected chi connectivity index (χ3v) is 4.27. The average molecular weight is 313 g/mol. The SMILES string of the molecule is CC(CO)(CO)NCc1cc(F)cc2cc3ccccc3cc12. The lowest BCUT2D eigenvalue weighted by atomic mass is 9.98. The number of hydrogen-bond acceptors (Lipinski definition) is 3. The van der Waals surface area contributed by atoms with E-state index in [1.54, 1.807) is 6.92 Å². The third-order valence-electron chi connectivity index (χ3n) is 4.27. The maximum Gasteiger partial charge on any atom is 0.124 e. The number of rotatable bonds is 5. The number of fused-ring (bicyclic) bond motifs is 2. The Morgan fingerprint density at radius 3 is 2.26 bits per heavy atom. The second-order valence-electron chi connectivity index (χ2n) is 6.22. The Bertz CT molecular complexity index is 843. The molecular formula is C19H20FNO2. The van der Waals surface area contributed by atoms with Gasteiger partial charge in [0.2, 0.25) is 0 Å². The molecule has 0 aliphatic heterocycles. The summed E-state index contributed by atoms with van der Waals surface area (Å²) in [5, 5.41) is 25.8. The lowest BCUT2D eigenvalue weighted by molar-refractivity contribution is 0.103. The van der Waals surface area contributed by atoms with E-state index in [9.17, 15) is 14.6 Å². The van der Waals surface area contributed by atoms with Crippen LogP contribution in [0.1, 0.15) is 12.5 Å². The van der Waals surface area contributed by atoms with Gasteiger partial charge in [-0.2, -0.15) is 0 Å². The summed E-state index contributed by atoms with van der Waals surface area (Å²) >= 11 is 0. The monoisotopic (exact) mass is 313 g/mol. The smallest absolute Gasteiger partial charge is 0.124 e. The molecule has 3 aromatic carbocycles. The van der Waals surface area contributed by atoms with Gasteiger partial charge in [0.15, 0.2) is 0 Å². The first-order valence-electron chi connectivity index (χ1n) is 7.62. The second kappa shape index (κ2) is 6.24. The minimum Gasteiger partial charge on any atom is -0.394 e. The van der Waals surface area contributed by atoms with E-state index in [0.29, 0.717) is 6.54 Å². The summed E-state index contributed by atoms with van der Waals surface area (Å²) in [6.07, 6.45) is 0. The van der Waals surface area contributed by atoms with Crippen molar-refractivity contribution in [1.29, 1.82) is 0 Å². The first kappa shape index (κ1) is 15.9. The Kier molecular flexibility index (Phi) is 4.31. The van der Waals surface area contributed by atoms with E-state index in [0.717, 1.165) is 27.1 Å². The van der Waals surface area contributed by atoms with E-state index in [1.807, 2.05) is 30.3 Å². The van der Waals surface area contributed by atoms with Crippen LogP contribution >= 0.6 is 0 Å². The highest BCUT2D eigenvalue weighted by atomic mass is 19.1. The van der Waals surface area contributed by atoms with E-state index in [4.69, 9.17) is 0 Å². The molecule has 23 heavy (non-hydrogen) atoms. The van der Waals surface area contributed by atoms with Crippen LogP contribution in [0.5, 0.6) is 0 Å². The summed E-state index contributed by atoms with van der Waals surface area (Å²) in [4.78, 5) is 0. The fourth-order valence-electron chi connectivity index (χ4n) is 2.71. The quantitative estimate of drug-likeness (QED) is 0.635. The topological polar surface area (TPSA) is 52.5 Å². The van der Waals surface area contributed by atoms with Gasteiger partial charge in [0.1, 0.15) is 5.82 Å². The zero-order chi connectivity index (χ0) is 16.4. The van der Waals surface area contributed by atoms with Gasteiger partial charge in [-0.15, -0.1) is 0 Å². The Hall–Kier alpha value is -2.01. The van der Waals surface area contributed by atoms with E-state index in [2.05, 4.69) is 11.4 Å². The summed E-state index contributed by atoms with van der Waals surface area (Å²) in [6.45, 7) is 1.70. The van der Waals surface area contributed by atoms with Crippen molar-refractivity contribution < 1.29 is 14.6 Å². The molecule has 3 rings (SSSR count). The standard InChI is InChI=1S/C19H20FNO2/c1-19(11-22,12-23)21-10-16-8-17(20)7-15-6-13-4-2-3-5-14(13)9-18(15)16/h2-9,21-23H,10-12H2,1H3. The van der Waals surface area contributed by atoms with Crippen LogP contribution in [0.3, 0.4) is 0 Å². The first-order chi connectivity index (χ1) is 11.0. The van der Waals surface area contributed by atoms with E-state index < -0.39 is 5.54 Å². The number of aliphatic hydroxyl groups excluding tert-OH is 2. The molecule has 0 radical (unpaired) electrons. The number of halogens is 1. The molecule has 0 atom stereocenters. The Labute approximate surface area is 134 Å². The minimum atomic E-state index is -0.796. The zero-order valence-electron chi connectivity index (χ0n) is 13.0. The summed E-state index contributed by atoms with van der Waals surface area (Å²) in [7, 11) is 0. The molecular weight excluding hydrogens is 293 g/mol. The predicted octanol–water partition coefficient (Wildman–Crippen LogP) is 2.97. The van der Waals surface area contributed by atoms with Gasteiger partial charge in [-0.25, -0.2) is 4.39 Å². The van der Waals surface area contributed by atoms with Gasteiger partial charge in [-0.3, -0.25) is 0 Å². The van der Waals surface area contributed by atoms with Crippen LogP contribution in [0, 0.1) is 5.82 Å². The summed E-state index contributed by atoms with van der Waals surface area (Å²) < 4.78 is 14.0. The van der Waals surface area contributed by atoms with Crippen molar-refractivity contribution in [1.82, 2.24) is 5.32 Å². The largest absolute Gasteiger partial charge is 0.394 e. The highest BCUT2D eigenvalue weighted by molar-refractivity contribution is 5.99. The lowest BCUT2D eigenvalue weighted by Crippen LogP contribution is -2.48. The molecule has 4 heteroatoms. The van der Waals surface area contributed by atoms with Crippen LogP contribution in [-0.4, -0.2) is 29.0 Å². The van der Waals surface area contributed by atoms with Crippen LogP contribution < -0.4 is 5.32 Å². The molecule has 0 aromatic heterocycles. The molecule has 120 valence electrons. The molecule has 0 aliphatic rings. The van der Waals surface area contributed by atoms with Crippen LogP contribution in [0.4, 0.5) is 4.39 Å². The van der Waals surface area contributed by atoms with Gasteiger partial charge in [0.05, 0.1) is 18.8 Å². The molecule has 0 bridgehead atoms. The highest BCUT2D eigenvalue weighted by Gasteiger charge is 2.21. The molecule has 3 N–H and O–H groups in total. The molecule has 0 saturated carbocycles. The van der Waals surface area contributed by atoms with Gasteiger partial charge < -0.3 is 15.5 Å². The van der Waals surface area contributed by atoms with Crippen LogP contribution in [-0.2, 0) is 6.54 Å². The molecule has 0 saturated heterocycles. The van der Waals surface area contributed by atoms with Gasteiger partial charge in [0, 0.05) is 6.54 Å². The fourth-order valence-corrected chi connectivity index (χ4v) is 2.71. The van der Waals surface area contributed by atoms with E-state index in [-0.39, 0.29) is 19.0 Å². The highest BCUT2D eigenvalue weighted by Crippen LogP contribution is 2.27. The number of hydrogen-bond donors (Lipinski definition) is 3. The molecule has 3 nitrogen and oxygen atoms in total. The maximum absolute atomic E-state index is 14.0. The van der Waals surface area contributed by atoms with Gasteiger partial charge in [0.25, 0.3) is 0 Å². The predicted molar refractivity (Wildman–Crippen MR) is 90.8 cm³/mol. The van der Waals surface area contributed by atoms with Crippen LogP contribution in [0.2, 0.25) is 0 Å². The van der Waals surface area contributed by atoms with Crippen molar-refractivity contribution in [2.24, 2.45) is 0 Å². The van der Waals surface area contributed by atoms with Crippen LogP contribution in [0.15, 0.2) is 48.5 Å². The molecule has 0 spiro atoms. The average Bonchev–Trinajstić information content (AvgIpc) is 2.57. The van der Waals surface area contributed by atoms with Crippen molar-refractivity contribution in [3.63, 3.8) is 0 Å². The summed E-state index contributed by atoms with van der Waals surface area (Å²) in [5.41, 5.74) is 0.00838. The summed E-state index contributed by atoms with van der Waals surface area (Å²) in [6, 6.07) is 15.0. The van der Waals surface area contributed by atoms with Gasteiger partial charge in [-0.1, -0.05) is 24.3 Å². The van der Waals surface area contributed by atoms with Crippen molar-refractivity contribution in [3.05, 3.63) is 59.9 Å². The zero-order valence-corrected chi connectivity index (χ0v) is 13.0. The third kappa shape index (κ3) is 3.20. The Morgan fingerprint density at radius 1 is 0.957 bits per heavy atom. The molecule has 3 aromatic rings. The van der Waals surface area contributed by atoms with Gasteiger partial charge >= 0.3 is 0 Å².